The van der Waals surface area contributed by atoms with Gasteiger partial charge in [-0.2, -0.15) is 0 Å². The number of amides is 1. The molecule has 0 saturated heterocycles. The molecule has 5 nitrogen and oxygen atoms in total. The Kier molecular flexibility index (Phi) is 3.62. The predicted molar refractivity (Wildman–Crippen MR) is 82.3 cm³/mol. The quantitative estimate of drug-likeness (QED) is 0.807. The molecule has 0 bridgehead atoms. The maximum Gasteiger partial charge on any atom is 0.251 e. The van der Waals surface area contributed by atoms with E-state index in [0.29, 0.717) is 12.1 Å². The summed E-state index contributed by atoms with van der Waals surface area (Å²) in [6.07, 6.45) is 3.36. The van der Waals surface area contributed by atoms with Crippen LogP contribution in [-0.2, 0) is 6.54 Å². The average Bonchev–Trinajstić information content (AvgIpc) is 2.85. The van der Waals surface area contributed by atoms with Crippen LogP contribution in [0.25, 0.3) is 10.2 Å². The summed E-state index contributed by atoms with van der Waals surface area (Å²) >= 11 is 1.59. The first-order valence-corrected chi connectivity index (χ1v) is 7.36. The van der Waals surface area contributed by atoms with Gasteiger partial charge in [0.1, 0.15) is 0 Å². The average molecular weight is 298 g/mol. The van der Waals surface area contributed by atoms with Crippen molar-refractivity contribution in [3.63, 3.8) is 0 Å². The van der Waals surface area contributed by atoms with Crippen molar-refractivity contribution in [3.05, 3.63) is 52.6 Å². The second-order valence-electron chi connectivity index (χ2n) is 4.75. The summed E-state index contributed by atoms with van der Waals surface area (Å²) in [4.78, 5) is 24.9. The lowest BCUT2D eigenvalue weighted by atomic mass is 10.2. The Morgan fingerprint density at radius 2 is 2.10 bits per heavy atom. The zero-order valence-corrected chi connectivity index (χ0v) is 12.6. The molecule has 0 unspecified atom stereocenters. The van der Waals surface area contributed by atoms with Gasteiger partial charge in [-0.3, -0.25) is 14.8 Å². The maximum atomic E-state index is 12.2. The van der Waals surface area contributed by atoms with Crippen LogP contribution < -0.4 is 5.32 Å². The van der Waals surface area contributed by atoms with Gasteiger partial charge in [0, 0.05) is 11.8 Å². The van der Waals surface area contributed by atoms with Crippen LogP contribution in [0.2, 0.25) is 0 Å². The second kappa shape index (κ2) is 5.57. The van der Waals surface area contributed by atoms with Crippen molar-refractivity contribution in [1.29, 1.82) is 0 Å². The number of fused-ring (bicyclic) bond motifs is 1. The van der Waals surface area contributed by atoms with Crippen molar-refractivity contribution in [2.45, 2.75) is 20.4 Å². The number of carbonyl (C=O) groups excluding carboxylic acids is 1. The molecule has 21 heavy (non-hydrogen) atoms. The van der Waals surface area contributed by atoms with Crippen LogP contribution in [0.15, 0.2) is 30.6 Å². The standard InChI is InChI=1S/C15H14N4OS/c1-9-6-17-12(7-16-9)8-18-15(20)11-3-4-13-14(5-11)21-10(2)19-13/h3-7H,8H2,1-2H3,(H,18,20). The number of thiazole rings is 1. The minimum absolute atomic E-state index is 0.120. The first-order chi connectivity index (χ1) is 10.1. The Hall–Kier alpha value is -2.34. The zero-order valence-electron chi connectivity index (χ0n) is 11.8. The largest absolute Gasteiger partial charge is 0.346 e. The van der Waals surface area contributed by atoms with Crippen LogP contribution in [0.3, 0.4) is 0 Å². The maximum absolute atomic E-state index is 12.2. The molecular weight excluding hydrogens is 284 g/mol. The summed E-state index contributed by atoms with van der Waals surface area (Å²) in [5, 5.41) is 3.85. The minimum Gasteiger partial charge on any atom is -0.346 e. The van der Waals surface area contributed by atoms with Gasteiger partial charge in [-0.15, -0.1) is 11.3 Å². The van der Waals surface area contributed by atoms with E-state index in [1.54, 1.807) is 29.8 Å². The summed E-state index contributed by atoms with van der Waals surface area (Å²) in [6, 6.07) is 5.53. The summed E-state index contributed by atoms with van der Waals surface area (Å²) in [6.45, 7) is 4.20. The molecule has 3 rings (SSSR count). The topological polar surface area (TPSA) is 67.8 Å². The molecule has 0 spiro atoms. The first kappa shape index (κ1) is 13.6. The molecule has 0 radical (unpaired) electrons. The third-order valence-electron chi connectivity index (χ3n) is 3.02. The van der Waals surface area contributed by atoms with E-state index in [1.807, 2.05) is 26.0 Å². The lowest BCUT2D eigenvalue weighted by Gasteiger charge is -2.04. The van der Waals surface area contributed by atoms with Crippen molar-refractivity contribution in [2.24, 2.45) is 0 Å². The molecule has 6 heteroatoms. The molecule has 1 N–H and O–H groups in total. The molecule has 0 saturated carbocycles. The Balaban J connectivity index is 1.72. The summed E-state index contributed by atoms with van der Waals surface area (Å²) in [5.41, 5.74) is 3.16. The van der Waals surface area contributed by atoms with Crippen LogP contribution >= 0.6 is 11.3 Å². The van der Waals surface area contributed by atoms with E-state index in [0.717, 1.165) is 26.6 Å². The van der Waals surface area contributed by atoms with Crippen molar-refractivity contribution >= 4 is 27.5 Å². The third-order valence-corrected chi connectivity index (χ3v) is 3.96. The van der Waals surface area contributed by atoms with Crippen molar-refractivity contribution in [3.8, 4) is 0 Å². The highest BCUT2D eigenvalue weighted by molar-refractivity contribution is 7.18. The van der Waals surface area contributed by atoms with Gasteiger partial charge in [0.2, 0.25) is 0 Å². The lowest BCUT2D eigenvalue weighted by molar-refractivity contribution is 0.0950. The van der Waals surface area contributed by atoms with Gasteiger partial charge in [0.25, 0.3) is 5.91 Å². The SMILES string of the molecule is Cc1cnc(CNC(=O)c2ccc3nc(C)sc3c2)cn1. The van der Waals surface area contributed by atoms with Gasteiger partial charge >= 0.3 is 0 Å². The number of aryl methyl sites for hydroxylation is 2. The summed E-state index contributed by atoms with van der Waals surface area (Å²) in [7, 11) is 0. The number of hydrogen-bond acceptors (Lipinski definition) is 5. The van der Waals surface area contributed by atoms with Gasteiger partial charge in [0.05, 0.1) is 39.4 Å². The first-order valence-electron chi connectivity index (χ1n) is 6.55. The van der Waals surface area contributed by atoms with Crippen LogP contribution in [0.5, 0.6) is 0 Å². The number of benzene rings is 1. The molecule has 3 aromatic rings. The van der Waals surface area contributed by atoms with E-state index in [2.05, 4.69) is 20.3 Å². The normalized spacial score (nSPS) is 10.8. The van der Waals surface area contributed by atoms with E-state index in [1.165, 1.54) is 0 Å². The second-order valence-corrected chi connectivity index (χ2v) is 5.98. The van der Waals surface area contributed by atoms with Crippen LogP contribution in [0.4, 0.5) is 0 Å². The molecule has 0 aliphatic rings. The van der Waals surface area contributed by atoms with Crippen molar-refractivity contribution < 1.29 is 4.79 Å². The fourth-order valence-corrected chi connectivity index (χ4v) is 2.83. The van der Waals surface area contributed by atoms with Gasteiger partial charge in [-0.05, 0) is 32.0 Å². The van der Waals surface area contributed by atoms with Gasteiger partial charge < -0.3 is 5.32 Å². The fraction of sp³-hybridized carbons (Fsp3) is 0.200. The summed E-state index contributed by atoms with van der Waals surface area (Å²) in [5.74, 6) is -0.120. The van der Waals surface area contributed by atoms with Gasteiger partial charge in [-0.1, -0.05) is 0 Å². The lowest BCUT2D eigenvalue weighted by Crippen LogP contribution is -2.23. The summed E-state index contributed by atoms with van der Waals surface area (Å²) < 4.78 is 1.02. The number of nitrogens with zero attached hydrogens (tertiary/aromatic N) is 3. The number of hydrogen-bond donors (Lipinski definition) is 1. The molecule has 2 heterocycles. The van der Waals surface area contributed by atoms with E-state index in [4.69, 9.17) is 0 Å². The number of nitrogens with one attached hydrogen (secondary N) is 1. The van der Waals surface area contributed by atoms with E-state index < -0.39 is 0 Å². The Morgan fingerprint density at radius 3 is 2.86 bits per heavy atom. The molecule has 0 fully saturated rings. The smallest absolute Gasteiger partial charge is 0.251 e. The van der Waals surface area contributed by atoms with Crippen molar-refractivity contribution in [2.75, 3.05) is 0 Å². The fourth-order valence-electron chi connectivity index (χ4n) is 1.96. The molecule has 106 valence electrons. The van der Waals surface area contributed by atoms with Crippen molar-refractivity contribution in [1.82, 2.24) is 20.3 Å². The minimum atomic E-state index is -0.120. The van der Waals surface area contributed by atoms with Crippen LogP contribution in [0.1, 0.15) is 26.8 Å². The molecule has 1 amide bonds. The van der Waals surface area contributed by atoms with Crippen LogP contribution in [0, 0.1) is 13.8 Å². The molecular formula is C15H14N4OS. The van der Waals surface area contributed by atoms with Gasteiger partial charge in [-0.25, -0.2) is 4.98 Å². The van der Waals surface area contributed by atoms with Crippen LogP contribution in [-0.4, -0.2) is 20.9 Å². The number of rotatable bonds is 3. The Labute approximate surface area is 126 Å². The zero-order chi connectivity index (χ0) is 14.8. The molecule has 0 atom stereocenters. The monoisotopic (exact) mass is 298 g/mol. The number of aromatic nitrogens is 3. The predicted octanol–water partition coefficient (Wildman–Crippen LogP) is 2.63. The van der Waals surface area contributed by atoms with E-state index >= 15 is 0 Å². The van der Waals surface area contributed by atoms with E-state index in [9.17, 15) is 4.79 Å². The Morgan fingerprint density at radius 1 is 1.24 bits per heavy atom. The Bertz CT molecular complexity index is 795. The molecule has 0 aliphatic carbocycles. The highest BCUT2D eigenvalue weighted by Crippen LogP contribution is 2.22. The molecule has 2 aromatic heterocycles. The third kappa shape index (κ3) is 3.05. The highest BCUT2D eigenvalue weighted by atomic mass is 32.1. The molecule has 1 aromatic carbocycles. The highest BCUT2D eigenvalue weighted by Gasteiger charge is 2.08. The molecule has 0 aliphatic heterocycles. The van der Waals surface area contributed by atoms with Gasteiger partial charge in [0.15, 0.2) is 0 Å². The number of carbonyl (C=O) groups is 1. The van der Waals surface area contributed by atoms with E-state index in [-0.39, 0.29) is 5.91 Å².